The van der Waals surface area contributed by atoms with Crippen molar-refractivity contribution in [1.29, 1.82) is 0 Å². The van der Waals surface area contributed by atoms with Gasteiger partial charge in [-0.3, -0.25) is 0 Å². The lowest BCUT2D eigenvalue weighted by Gasteiger charge is -2.17. The number of furan rings is 1. The fraction of sp³-hybridized carbons (Fsp3) is 0.0755. The Morgan fingerprint density at radius 2 is 1.21 bits per heavy atom. The number of allylic oxidation sites excluding steroid dienone is 8. The fourth-order valence-corrected chi connectivity index (χ4v) is 8.53. The first-order chi connectivity index (χ1) is 28.2. The average Bonchev–Trinajstić information content (AvgIpc) is 3.68. The topological polar surface area (TPSA) is 51.8 Å². The van der Waals surface area contributed by atoms with E-state index < -0.39 is 0 Å². The Kier molecular flexibility index (Phi) is 8.06. The highest BCUT2D eigenvalue weighted by atomic mass is 16.3. The van der Waals surface area contributed by atoms with Crippen molar-refractivity contribution in [2.75, 3.05) is 0 Å². The predicted molar refractivity (Wildman–Crippen MR) is 236 cm³/mol. The number of hydrogen-bond donors (Lipinski definition) is 0. The summed E-state index contributed by atoms with van der Waals surface area (Å²) in [6.45, 7) is 0. The fourth-order valence-electron chi connectivity index (χ4n) is 8.53. The van der Waals surface area contributed by atoms with Gasteiger partial charge >= 0.3 is 0 Å². The quantitative estimate of drug-likeness (QED) is 0.160. The van der Waals surface area contributed by atoms with Crippen LogP contribution in [0.25, 0.3) is 94.0 Å². The van der Waals surface area contributed by atoms with Crippen LogP contribution in [0.1, 0.15) is 36.7 Å². The van der Waals surface area contributed by atoms with Crippen LogP contribution in [-0.4, -0.2) is 15.0 Å². The molecule has 4 nitrogen and oxygen atoms in total. The van der Waals surface area contributed by atoms with Crippen LogP contribution in [0.15, 0.2) is 186 Å². The first-order valence-electron chi connectivity index (χ1n) is 19.8. The lowest BCUT2D eigenvalue weighted by molar-refractivity contribution is 0.669. The SMILES string of the molecule is C1=CCCC(c2cc(-c3ccc(-c4ccc(-c5ccc6oc7ccc8c(-c9ccccc9)nc9ccccc9c8c7c6c5)cc4)cc3)nc(C3C=CC=CC3)n2)=C1. The number of pyridine rings is 1. The summed E-state index contributed by atoms with van der Waals surface area (Å²) in [7, 11) is 0. The third kappa shape index (κ3) is 5.98. The highest BCUT2D eigenvalue weighted by Gasteiger charge is 2.19. The molecule has 6 aromatic carbocycles. The minimum absolute atomic E-state index is 0.184. The molecule has 0 radical (unpaired) electrons. The summed E-state index contributed by atoms with van der Waals surface area (Å²) in [4.78, 5) is 15.3. The zero-order chi connectivity index (χ0) is 37.7. The molecule has 4 heteroatoms. The summed E-state index contributed by atoms with van der Waals surface area (Å²) in [6, 6.07) is 49.5. The summed E-state index contributed by atoms with van der Waals surface area (Å²) in [5.41, 5.74) is 13.8. The van der Waals surface area contributed by atoms with Crippen LogP contribution in [0.2, 0.25) is 0 Å². The molecule has 3 heterocycles. The number of benzene rings is 6. The number of hydrogen-bond acceptors (Lipinski definition) is 4. The molecule has 0 bridgehead atoms. The number of nitrogens with zero attached hydrogens (tertiary/aromatic N) is 3. The van der Waals surface area contributed by atoms with Crippen molar-refractivity contribution in [1.82, 2.24) is 15.0 Å². The molecule has 1 atom stereocenters. The summed E-state index contributed by atoms with van der Waals surface area (Å²) >= 11 is 0. The van der Waals surface area contributed by atoms with Crippen LogP contribution in [0.4, 0.5) is 0 Å². The zero-order valence-electron chi connectivity index (χ0n) is 31.3. The maximum absolute atomic E-state index is 6.50. The molecule has 0 fully saturated rings. The molecule has 3 aromatic heterocycles. The first kappa shape index (κ1) is 33.2. The lowest BCUT2D eigenvalue weighted by Crippen LogP contribution is -2.07. The van der Waals surface area contributed by atoms with Gasteiger partial charge in [0.1, 0.15) is 17.0 Å². The van der Waals surface area contributed by atoms with Gasteiger partial charge in [0.05, 0.1) is 22.6 Å². The minimum Gasteiger partial charge on any atom is -0.456 e. The van der Waals surface area contributed by atoms with Gasteiger partial charge in [0.15, 0.2) is 0 Å². The molecular weight excluding hydrogens is 695 g/mol. The van der Waals surface area contributed by atoms with Gasteiger partial charge in [0.25, 0.3) is 0 Å². The van der Waals surface area contributed by atoms with Gasteiger partial charge in [-0.05, 0) is 83.5 Å². The predicted octanol–water partition coefficient (Wildman–Crippen LogP) is 14.1. The summed E-state index contributed by atoms with van der Waals surface area (Å²) < 4.78 is 6.50. The molecule has 2 aliphatic rings. The molecule has 57 heavy (non-hydrogen) atoms. The third-order valence-electron chi connectivity index (χ3n) is 11.5. The van der Waals surface area contributed by atoms with Gasteiger partial charge in [-0.2, -0.15) is 0 Å². The van der Waals surface area contributed by atoms with E-state index in [0.717, 1.165) is 108 Å². The van der Waals surface area contributed by atoms with E-state index in [0.29, 0.717) is 0 Å². The Hall–Kier alpha value is -7.17. The molecule has 0 amide bonds. The van der Waals surface area contributed by atoms with Gasteiger partial charge in [-0.15, -0.1) is 0 Å². The minimum atomic E-state index is 0.184. The molecule has 0 spiro atoms. The molecule has 1 unspecified atom stereocenters. The normalized spacial score (nSPS) is 15.2. The van der Waals surface area contributed by atoms with Crippen LogP contribution in [0.5, 0.6) is 0 Å². The van der Waals surface area contributed by atoms with E-state index in [2.05, 4.69) is 176 Å². The van der Waals surface area contributed by atoms with Crippen molar-refractivity contribution in [3.63, 3.8) is 0 Å². The van der Waals surface area contributed by atoms with Gasteiger partial charge in [0.2, 0.25) is 0 Å². The molecule has 2 aliphatic carbocycles. The molecular formula is C53H37N3O. The van der Waals surface area contributed by atoms with Crippen molar-refractivity contribution in [3.05, 3.63) is 194 Å². The second kappa shape index (κ2) is 13.8. The second-order valence-corrected chi connectivity index (χ2v) is 15.0. The average molecular weight is 732 g/mol. The molecule has 0 N–H and O–H groups in total. The van der Waals surface area contributed by atoms with E-state index in [1.807, 2.05) is 6.07 Å². The number of fused-ring (bicyclic) bond motifs is 7. The maximum Gasteiger partial charge on any atom is 0.136 e. The highest BCUT2D eigenvalue weighted by Crippen LogP contribution is 2.42. The van der Waals surface area contributed by atoms with E-state index in [9.17, 15) is 0 Å². The summed E-state index contributed by atoms with van der Waals surface area (Å²) in [6.07, 6.45) is 18.1. The number of para-hydroxylation sites is 1. The maximum atomic E-state index is 6.50. The largest absolute Gasteiger partial charge is 0.456 e. The van der Waals surface area contributed by atoms with Crippen molar-refractivity contribution < 1.29 is 4.42 Å². The van der Waals surface area contributed by atoms with Crippen molar-refractivity contribution in [3.8, 4) is 44.8 Å². The Labute approximate surface area is 330 Å². The van der Waals surface area contributed by atoms with Gasteiger partial charge in [-0.25, -0.2) is 15.0 Å². The monoisotopic (exact) mass is 731 g/mol. The van der Waals surface area contributed by atoms with E-state index in [-0.39, 0.29) is 5.92 Å². The van der Waals surface area contributed by atoms with Crippen LogP contribution in [-0.2, 0) is 0 Å². The van der Waals surface area contributed by atoms with Gasteiger partial charge < -0.3 is 4.42 Å². The van der Waals surface area contributed by atoms with Crippen molar-refractivity contribution >= 4 is 49.2 Å². The highest BCUT2D eigenvalue weighted by molar-refractivity contribution is 6.28. The third-order valence-corrected chi connectivity index (χ3v) is 11.5. The van der Waals surface area contributed by atoms with E-state index in [1.54, 1.807) is 0 Å². The first-order valence-corrected chi connectivity index (χ1v) is 19.8. The second-order valence-electron chi connectivity index (χ2n) is 15.0. The van der Waals surface area contributed by atoms with Crippen molar-refractivity contribution in [2.24, 2.45) is 0 Å². The molecule has 0 saturated carbocycles. The smallest absolute Gasteiger partial charge is 0.136 e. The van der Waals surface area contributed by atoms with E-state index >= 15 is 0 Å². The van der Waals surface area contributed by atoms with E-state index in [1.165, 1.54) is 16.5 Å². The van der Waals surface area contributed by atoms with Crippen molar-refractivity contribution in [2.45, 2.75) is 25.2 Å². The Morgan fingerprint density at radius 1 is 0.491 bits per heavy atom. The summed E-state index contributed by atoms with van der Waals surface area (Å²) in [5.74, 6) is 1.07. The van der Waals surface area contributed by atoms with Crippen LogP contribution in [0.3, 0.4) is 0 Å². The van der Waals surface area contributed by atoms with Gasteiger partial charge in [0, 0.05) is 44.0 Å². The van der Waals surface area contributed by atoms with E-state index in [4.69, 9.17) is 19.4 Å². The standard InChI is InChI=1S/C53H37N3O/c1-4-12-37(13-5-1)46-33-47(56-53(55-46)40-16-8-3-9-17-40)38-26-24-35(25-27-38)34-20-22-36(23-21-34)41-28-30-48-44(32-41)51-49(57-48)31-29-43-50(51)42-18-10-11-19-45(42)54-52(43)39-14-6-2-7-15-39/h1-4,6-12,14-16,18-33,40H,5,13,17H2. The molecule has 11 rings (SSSR count). The van der Waals surface area contributed by atoms with Crippen LogP contribution < -0.4 is 0 Å². The lowest BCUT2D eigenvalue weighted by atomic mass is 9.95. The Balaban J connectivity index is 0.943. The Bertz CT molecular complexity index is 3130. The molecule has 0 saturated heterocycles. The van der Waals surface area contributed by atoms with Gasteiger partial charge in [-0.1, -0.05) is 146 Å². The summed E-state index contributed by atoms with van der Waals surface area (Å²) in [5, 5.41) is 5.65. The molecule has 9 aromatic rings. The number of rotatable bonds is 6. The zero-order valence-corrected chi connectivity index (χ0v) is 31.3. The van der Waals surface area contributed by atoms with Crippen LogP contribution >= 0.6 is 0 Å². The number of aromatic nitrogens is 3. The van der Waals surface area contributed by atoms with Crippen LogP contribution in [0, 0.1) is 0 Å². The molecule has 0 aliphatic heterocycles. The molecule has 270 valence electrons. The Morgan fingerprint density at radius 3 is 1.98 bits per heavy atom.